The van der Waals surface area contributed by atoms with Crippen molar-refractivity contribution < 1.29 is 4.39 Å². The number of nitrogens with zero attached hydrogens (tertiary/aromatic N) is 5. The molecule has 0 fully saturated rings. The van der Waals surface area contributed by atoms with Gasteiger partial charge in [0, 0.05) is 12.4 Å². The van der Waals surface area contributed by atoms with E-state index in [1.165, 1.54) is 33.7 Å². The van der Waals surface area contributed by atoms with Crippen LogP contribution in [0.15, 0.2) is 53.8 Å². The van der Waals surface area contributed by atoms with Gasteiger partial charge in [0.05, 0.1) is 16.6 Å². The lowest BCUT2D eigenvalue weighted by Crippen LogP contribution is -2.19. The third-order valence-corrected chi connectivity index (χ3v) is 3.26. The van der Waals surface area contributed by atoms with Crippen LogP contribution in [0.5, 0.6) is 0 Å². The summed E-state index contributed by atoms with van der Waals surface area (Å²) < 4.78 is 16.2. The summed E-state index contributed by atoms with van der Waals surface area (Å²) in [5.74, 6) is 0.0229. The third kappa shape index (κ3) is 1.71. The van der Waals surface area contributed by atoms with Gasteiger partial charge in [-0.1, -0.05) is 6.07 Å². The summed E-state index contributed by atoms with van der Waals surface area (Å²) in [5, 5.41) is 4.43. The molecule has 0 aliphatic carbocycles. The van der Waals surface area contributed by atoms with E-state index in [2.05, 4.69) is 15.1 Å². The lowest BCUT2D eigenvalue weighted by molar-refractivity contribution is 0.626. The summed E-state index contributed by atoms with van der Waals surface area (Å²) in [6, 6.07) is 7.58. The van der Waals surface area contributed by atoms with Crippen LogP contribution in [0.2, 0.25) is 0 Å². The van der Waals surface area contributed by atoms with Crippen LogP contribution in [0.3, 0.4) is 0 Å². The van der Waals surface area contributed by atoms with Crippen molar-refractivity contribution in [2.75, 3.05) is 0 Å². The molecule has 4 rings (SSSR count). The highest BCUT2D eigenvalue weighted by Gasteiger charge is 2.09. The van der Waals surface area contributed by atoms with Crippen molar-refractivity contribution in [3.05, 3.63) is 65.2 Å². The van der Waals surface area contributed by atoms with E-state index in [0.29, 0.717) is 22.4 Å². The average molecular weight is 281 g/mol. The monoisotopic (exact) mass is 281 g/mol. The van der Waals surface area contributed by atoms with Crippen molar-refractivity contribution in [2.24, 2.45) is 0 Å². The molecule has 0 bridgehead atoms. The molecule has 0 saturated heterocycles. The van der Waals surface area contributed by atoms with Crippen LogP contribution in [-0.2, 0) is 0 Å². The summed E-state index contributed by atoms with van der Waals surface area (Å²) in [6.45, 7) is 0. The van der Waals surface area contributed by atoms with Crippen molar-refractivity contribution in [1.29, 1.82) is 0 Å². The Labute approximate surface area is 117 Å². The molecule has 0 atom stereocenters. The van der Waals surface area contributed by atoms with Crippen LogP contribution in [-0.4, -0.2) is 24.1 Å². The number of fused-ring (bicyclic) bond motifs is 3. The van der Waals surface area contributed by atoms with Gasteiger partial charge < -0.3 is 0 Å². The Kier molecular flexibility index (Phi) is 2.34. The Morgan fingerprint density at radius 3 is 2.90 bits per heavy atom. The van der Waals surface area contributed by atoms with Gasteiger partial charge in [-0.3, -0.25) is 9.36 Å². The Hall–Kier alpha value is -3.09. The molecule has 102 valence electrons. The van der Waals surface area contributed by atoms with Crippen LogP contribution >= 0.6 is 0 Å². The van der Waals surface area contributed by atoms with Gasteiger partial charge in [-0.05, 0) is 24.3 Å². The normalized spacial score (nSPS) is 11.3. The Morgan fingerprint density at radius 1 is 1.14 bits per heavy atom. The van der Waals surface area contributed by atoms with Crippen molar-refractivity contribution in [1.82, 2.24) is 24.1 Å². The number of rotatable bonds is 1. The van der Waals surface area contributed by atoms with Gasteiger partial charge >= 0.3 is 0 Å². The molecule has 3 aromatic heterocycles. The van der Waals surface area contributed by atoms with E-state index >= 15 is 0 Å². The number of hydrogen-bond acceptors (Lipinski definition) is 4. The molecule has 0 spiro atoms. The summed E-state index contributed by atoms with van der Waals surface area (Å²) >= 11 is 0. The van der Waals surface area contributed by atoms with Gasteiger partial charge in [0.1, 0.15) is 12.1 Å². The number of aromatic nitrogens is 5. The Bertz CT molecular complexity index is 1040. The van der Waals surface area contributed by atoms with E-state index < -0.39 is 5.82 Å². The molecule has 4 aromatic rings. The van der Waals surface area contributed by atoms with E-state index in [4.69, 9.17) is 0 Å². The molecule has 3 heterocycles. The highest BCUT2D eigenvalue weighted by atomic mass is 19.1. The number of halogens is 1. The van der Waals surface area contributed by atoms with Crippen LogP contribution in [0.1, 0.15) is 0 Å². The molecule has 0 amide bonds. The average Bonchev–Trinajstić information content (AvgIpc) is 2.96. The number of hydrogen-bond donors (Lipinski definition) is 0. The predicted molar refractivity (Wildman–Crippen MR) is 73.8 cm³/mol. The molecule has 1 aromatic carbocycles. The van der Waals surface area contributed by atoms with E-state index in [1.54, 1.807) is 24.4 Å². The molecule has 7 heteroatoms. The Morgan fingerprint density at radius 2 is 2.05 bits per heavy atom. The molecule has 0 aliphatic rings. The molecule has 0 aliphatic heterocycles. The summed E-state index contributed by atoms with van der Waals surface area (Å²) in [7, 11) is 0. The van der Waals surface area contributed by atoms with Crippen LogP contribution in [0.4, 0.5) is 4.39 Å². The molecule has 0 N–H and O–H groups in total. The maximum absolute atomic E-state index is 13.3. The first-order valence-electron chi connectivity index (χ1n) is 6.20. The minimum absolute atomic E-state index is 0.289. The second kappa shape index (κ2) is 4.20. The zero-order valence-electron chi connectivity index (χ0n) is 10.6. The molecule has 0 unspecified atom stereocenters. The van der Waals surface area contributed by atoms with Gasteiger partial charge in [0.25, 0.3) is 11.3 Å². The third-order valence-electron chi connectivity index (χ3n) is 3.26. The molecule has 0 saturated carbocycles. The molecule has 6 nitrogen and oxygen atoms in total. The molecular weight excluding hydrogens is 273 g/mol. The van der Waals surface area contributed by atoms with Gasteiger partial charge in [-0.25, -0.2) is 9.37 Å². The zero-order valence-corrected chi connectivity index (χ0v) is 10.6. The van der Waals surface area contributed by atoms with Gasteiger partial charge in [0.2, 0.25) is 0 Å². The van der Waals surface area contributed by atoms with E-state index in [9.17, 15) is 9.18 Å². The number of pyridine rings is 1. The minimum Gasteiger partial charge on any atom is -0.284 e. The maximum Gasteiger partial charge on any atom is 0.266 e. The van der Waals surface area contributed by atoms with Crippen LogP contribution in [0.25, 0.3) is 22.4 Å². The fraction of sp³-hybridized carbons (Fsp3) is 0. The van der Waals surface area contributed by atoms with E-state index in [-0.39, 0.29) is 5.56 Å². The highest BCUT2D eigenvalue weighted by Crippen LogP contribution is 2.12. The quantitative estimate of drug-likeness (QED) is 0.531. The van der Waals surface area contributed by atoms with Crippen molar-refractivity contribution in [3.8, 4) is 5.69 Å². The first-order valence-corrected chi connectivity index (χ1v) is 6.20. The molecule has 0 radical (unpaired) electrons. The fourth-order valence-corrected chi connectivity index (χ4v) is 2.29. The first kappa shape index (κ1) is 11.7. The fourth-order valence-electron chi connectivity index (χ4n) is 2.29. The lowest BCUT2D eigenvalue weighted by Gasteiger charge is -2.07. The summed E-state index contributed by atoms with van der Waals surface area (Å²) in [5.41, 5.74) is 0.777. The van der Waals surface area contributed by atoms with E-state index in [0.717, 1.165) is 0 Å². The SMILES string of the molecule is O=c1c2cnc3ncnn3c2ccn1-c1cccc(F)c1. The topological polar surface area (TPSA) is 65.1 Å². The highest BCUT2D eigenvalue weighted by molar-refractivity contribution is 5.78. The smallest absolute Gasteiger partial charge is 0.266 e. The largest absolute Gasteiger partial charge is 0.284 e. The first-order chi connectivity index (χ1) is 10.2. The van der Waals surface area contributed by atoms with Crippen LogP contribution < -0.4 is 5.56 Å². The second-order valence-electron chi connectivity index (χ2n) is 4.50. The lowest BCUT2D eigenvalue weighted by atomic mass is 10.2. The summed E-state index contributed by atoms with van der Waals surface area (Å²) in [6.07, 6.45) is 4.41. The minimum atomic E-state index is -0.399. The van der Waals surface area contributed by atoms with Crippen molar-refractivity contribution >= 4 is 16.7 Å². The number of benzene rings is 1. The van der Waals surface area contributed by atoms with Crippen molar-refractivity contribution in [2.45, 2.75) is 0 Å². The van der Waals surface area contributed by atoms with E-state index in [1.807, 2.05) is 0 Å². The van der Waals surface area contributed by atoms with Crippen molar-refractivity contribution in [3.63, 3.8) is 0 Å². The van der Waals surface area contributed by atoms with Gasteiger partial charge in [-0.15, -0.1) is 0 Å². The second-order valence-corrected chi connectivity index (χ2v) is 4.50. The predicted octanol–water partition coefficient (Wildman–Crippen LogP) is 1.57. The molecular formula is C14H8FN5O. The maximum atomic E-state index is 13.3. The molecule has 21 heavy (non-hydrogen) atoms. The van der Waals surface area contributed by atoms with Gasteiger partial charge in [0.15, 0.2) is 0 Å². The van der Waals surface area contributed by atoms with Gasteiger partial charge in [-0.2, -0.15) is 14.6 Å². The van der Waals surface area contributed by atoms with Crippen LogP contribution in [0, 0.1) is 5.82 Å². The zero-order chi connectivity index (χ0) is 14.4. The Balaban J connectivity index is 2.07. The summed E-state index contributed by atoms with van der Waals surface area (Å²) in [4.78, 5) is 20.6. The standard InChI is InChI=1S/C14H8FN5O/c15-9-2-1-3-10(6-9)19-5-4-12-11(13(19)21)7-16-14-17-8-18-20(12)14/h1-8H.